The molecule has 4 rings (SSSR count). The van der Waals surface area contributed by atoms with Gasteiger partial charge in [-0.25, -0.2) is 13.8 Å². The zero-order valence-electron chi connectivity index (χ0n) is 14.7. The minimum Gasteiger partial charge on any atom is -0.329 e. The van der Waals surface area contributed by atoms with Gasteiger partial charge in [0.15, 0.2) is 0 Å². The molecule has 1 amide bonds. The normalized spacial score (nSPS) is 13.6. The van der Waals surface area contributed by atoms with E-state index in [2.05, 4.69) is 4.98 Å². The molecule has 27 heavy (non-hydrogen) atoms. The minimum absolute atomic E-state index is 0.164. The van der Waals surface area contributed by atoms with Gasteiger partial charge in [0.2, 0.25) is 0 Å². The third kappa shape index (κ3) is 4.05. The van der Waals surface area contributed by atoms with Gasteiger partial charge in [-0.15, -0.1) is 0 Å². The first kappa shape index (κ1) is 17.4. The molecule has 0 spiro atoms. The average molecular weight is 367 g/mol. The number of halogens is 2. The Bertz CT molecular complexity index is 948. The van der Waals surface area contributed by atoms with Gasteiger partial charge in [-0.2, -0.15) is 0 Å². The molecule has 0 saturated heterocycles. The zero-order chi connectivity index (χ0) is 18.8. The first-order chi connectivity index (χ1) is 13.1. The topological polar surface area (TPSA) is 38.1 Å². The molecule has 0 radical (unpaired) electrons. The van der Waals surface area contributed by atoms with E-state index >= 15 is 0 Å². The van der Waals surface area contributed by atoms with Crippen LogP contribution in [0.2, 0.25) is 0 Å². The van der Waals surface area contributed by atoms with Crippen molar-refractivity contribution in [1.82, 2.24) is 14.5 Å². The van der Waals surface area contributed by atoms with Crippen molar-refractivity contribution in [2.24, 2.45) is 0 Å². The average Bonchev–Trinajstić information content (AvgIpc) is 3.42. The molecule has 0 bridgehead atoms. The number of imidazole rings is 1. The molecule has 1 aliphatic carbocycles. The fraction of sp³-hybridized carbons (Fsp3) is 0.238. The Hall–Kier alpha value is -3.02. The van der Waals surface area contributed by atoms with Crippen LogP contribution in [0.25, 0.3) is 0 Å². The number of benzene rings is 2. The molecule has 0 atom stereocenters. The van der Waals surface area contributed by atoms with Crippen LogP contribution >= 0.6 is 0 Å². The van der Waals surface area contributed by atoms with Crippen LogP contribution in [-0.4, -0.2) is 26.4 Å². The van der Waals surface area contributed by atoms with Crippen LogP contribution in [0.4, 0.5) is 8.78 Å². The predicted octanol–water partition coefficient (Wildman–Crippen LogP) is 4.01. The van der Waals surface area contributed by atoms with Gasteiger partial charge in [0.1, 0.15) is 17.5 Å². The fourth-order valence-electron chi connectivity index (χ4n) is 3.11. The molecule has 1 heterocycles. The van der Waals surface area contributed by atoms with Crippen molar-refractivity contribution in [2.45, 2.75) is 32.0 Å². The van der Waals surface area contributed by atoms with E-state index in [9.17, 15) is 13.6 Å². The lowest BCUT2D eigenvalue weighted by Gasteiger charge is -2.23. The maximum Gasteiger partial charge on any atom is 0.254 e. The van der Waals surface area contributed by atoms with Gasteiger partial charge in [-0.1, -0.05) is 18.2 Å². The van der Waals surface area contributed by atoms with E-state index in [1.165, 1.54) is 24.3 Å². The van der Waals surface area contributed by atoms with Crippen molar-refractivity contribution in [3.63, 3.8) is 0 Å². The van der Waals surface area contributed by atoms with Crippen molar-refractivity contribution >= 4 is 5.91 Å². The van der Waals surface area contributed by atoms with E-state index in [1.54, 1.807) is 35.4 Å². The lowest BCUT2D eigenvalue weighted by atomic mass is 10.2. The van der Waals surface area contributed by atoms with Gasteiger partial charge >= 0.3 is 0 Å². The largest absolute Gasteiger partial charge is 0.329 e. The highest BCUT2D eigenvalue weighted by molar-refractivity contribution is 5.94. The van der Waals surface area contributed by atoms with Gasteiger partial charge in [0.25, 0.3) is 5.91 Å². The second-order valence-corrected chi connectivity index (χ2v) is 6.77. The molecule has 1 aromatic heterocycles. The lowest BCUT2D eigenvalue weighted by Crippen LogP contribution is -2.33. The Labute approximate surface area is 156 Å². The van der Waals surface area contributed by atoms with E-state index < -0.39 is 5.82 Å². The zero-order valence-corrected chi connectivity index (χ0v) is 14.7. The van der Waals surface area contributed by atoms with Gasteiger partial charge in [-0.3, -0.25) is 4.79 Å². The summed E-state index contributed by atoms with van der Waals surface area (Å²) in [6, 6.07) is 12.2. The number of carbonyl (C=O) groups excluding carboxylic acids is 1. The quantitative estimate of drug-likeness (QED) is 0.660. The Morgan fingerprint density at radius 3 is 2.59 bits per heavy atom. The molecule has 0 unspecified atom stereocenters. The second kappa shape index (κ2) is 7.31. The maximum atomic E-state index is 13.5. The minimum atomic E-state index is -0.422. The summed E-state index contributed by atoms with van der Waals surface area (Å²) in [5.74, 6) is -0.135. The van der Waals surface area contributed by atoms with E-state index in [4.69, 9.17) is 0 Å². The van der Waals surface area contributed by atoms with E-state index in [1.807, 2.05) is 10.8 Å². The summed E-state index contributed by atoms with van der Waals surface area (Å²) in [6.07, 6.45) is 5.42. The molecule has 1 fully saturated rings. The van der Waals surface area contributed by atoms with Gasteiger partial charge in [0.05, 0.1) is 6.54 Å². The maximum absolute atomic E-state index is 13.5. The van der Waals surface area contributed by atoms with E-state index in [0.29, 0.717) is 18.7 Å². The number of hydrogen-bond acceptors (Lipinski definition) is 2. The highest BCUT2D eigenvalue weighted by Gasteiger charge is 2.34. The Kier molecular flexibility index (Phi) is 4.71. The van der Waals surface area contributed by atoms with Crippen molar-refractivity contribution in [3.05, 3.63) is 89.5 Å². The van der Waals surface area contributed by atoms with Crippen LogP contribution in [-0.2, 0) is 13.1 Å². The third-order valence-electron chi connectivity index (χ3n) is 4.70. The lowest BCUT2D eigenvalue weighted by molar-refractivity contribution is 0.0723. The molecule has 3 aromatic rings. The summed E-state index contributed by atoms with van der Waals surface area (Å²) in [4.78, 5) is 19.0. The van der Waals surface area contributed by atoms with Crippen LogP contribution < -0.4 is 0 Å². The molecular formula is C21H19F2N3O. The first-order valence-corrected chi connectivity index (χ1v) is 8.91. The fourth-order valence-corrected chi connectivity index (χ4v) is 3.11. The van der Waals surface area contributed by atoms with E-state index in [-0.39, 0.29) is 17.8 Å². The number of carbonyl (C=O) groups is 1. The van der Waals surface area contributed by atoms with Crippen molar-refractivity contribution in [2.75, 3.05) is 0 Å². The van der Waals surface area contributed by atoms with Gasteiger partial charge in [0, 0.05) is 30.5 Å². The summed E-state index contributed by atoms with van der Waals surface area (Å²) in [7, 11) is 0. The van der Waals surface area contributed by atoms with Crippen molar-refractivity contribution < 1.29 is 13.6 Å². The van der Waals surface area contributed by atoms with E-state index in [0.717, 1.165) is 24.2 Å². The molecule has 138 valence electrons. The molecule has 0 aliphatic heterocycles. The number of rotatable bonds is 6. The molecule has 0 N–H and O–H groups in total. The van der Waals surface area contributed by atoms with Crippen LogP contribution in [0.15, 0.2) is 60.9 Å². The number of nitrogens with zero attached hydrogens (tertiary/aromatic N) is 3. The molecule has 4 nitrogen and oxygen atoms in total. The monoisotopic (exact) mass is 367 g/mol. The van der Waals surface area contributed by atoms with Crippen molar-refractivity contribution in [1.29, 1.82) is 0 Å². The SMILES string of the molecule is O=C(c1cccc(F)c1)N(Cc1nccn1Cc1ccc(F)cc1)C1CC1. The molecular weight excluding hydrogens is 348 g/mol. The molecule has 1 saturated carbocycles. The Morgan fingerprint density at radius 1 is 1.11 bits per heavy atom. The first-order valence-electron chi connectivity index (χ1n) is 8.91. The number of hydrogen-bond donors (Lipinski definition) is 0. The smallest absolute Gasteiger partial charge is 0.254 e. The molecule has 6 heteroatoms. The Balaban J connectivity index is 1.54. The summed E-state index contributed by atoms with van der Waals surface area (Å²) in [5, 5.41) is 0. The van der Waals surface area contributed by atoms with Gasteiger partial charge < -0.3 is 9.47 Å². The van der Waals surface area contributed by atoms with Crippen LogP contribution in [0.5, 0.6) is 0 Å². The predicted molar refractivity (Wildman–Crippen MR) is 97.0 cm³/mol. The number of aromatic nitrogens is 2. The summed E-state index contributed by atoms with van der Waals surface area (Å²) in [5.41, 5.74) is 1.30. The molecule has 2 aromatic carbocycles. The standard InChI is InChI=1S/C21H19F2N3O/c22-17-6-4-15(5-7-17)13-25-11-10-24-20(25)14-26(19-8-9-19)21(27)16-2-1-3-18(23)12-16/h1-7,10-12,19H,8-9,13-14H2. The number of amides is 1. The highest BCUT2D eigenvalue weighted by atomic mass is 19.1. The van der Waals surface area contributed by atoms with Crippen LogP contribution in [0.3, 0.4) is 0 Å². The molecule has 1 aliphatic rings. The van der Waals surface area contributed by atoms with Crippen molar-refractivity contribution in [3.8, 4) is 0 Å². The highest BCUT2D eigenvalue weighted by Crippen LogP contribution is 2.30. The second-order valence-electron chi connectivity index (χ2n) is 6.77. The van der Waals surface area contributed by atoms with Crippen LogP contribution in [0.1, 0.15) is 34.6 Å². The van der Waals surface area contributed by atoms with Crippen LogP contribution in [0, 0.1) is 11.6 Å². The summed E-state index contributed by atoms with van der Waals surface area (Å²) in [6.45, 7) is 0.899. The summed E-state index contributed by atoms with van der Waals surface area (Å²) < 4.78 is 28.6. The Morgan fingerprint density at radius 2 is 1.89 bits per heavy atom. The van der Waals surface area contributed by atoms with Gasteiger partial charge in [-0.05, 0) is 48.7 Å². The third-order valence-corrected chi connectivity index (χ3v) is 4.70. The summed E-state index contributed by atoms with van der Waals surface area (Å²) >= 11 is 0.